The van der Waals surface area contributed by atoms with E-state index in [0.717, 1.165) is 17.3 Å². The summed E-state index contributed by atoms with van der Waals surface area (Å²) in [6, 6.07) is 9.54. The van der Waals surface area contributed by atoms with Crippen LogP contribution >= 0.6 is 11.8 Å². The number of rotatable bonds is 7. The summed E-state index contributed by atoms with van der Waals surface area (Å²) in [5.74, 6) is 0.0211. The topological polar surface area (TPSA) is 109 Å². The smallest absolute Gasteiger partial charge is 0.410 e. The Kier molecular flexibility index (Phi) is 7.88. The van der Waals surface area contributed by atoms with Crippen molar-refractivity contribution < 1.29 is 28.4 Å². The second-order valence-electron chi connectivity index (χ2n) is 7.16. The number of piperazine rings is 1. The van der Waals surface area contributed by atoms with Gasteiger partial charge < -0.3 is 9.64 Å². The predicted molar refractivity (Wildman–Crippen MR) is 114 cm³/mol. The van der Waals surface area contributed by atoms with Gasteiger partial charge in [-0.25, -0.2) is 4.79 Å². The van der Waals surface area contributed by atoms with E-state index in [1.165, 1.54) is 11.7 Å². The molecule has 11 heteroatoms. The Bertz CT molecular complexity index is 898. The summed E-state index contributed by atoms with van der Waals surface area (Å²) >= 11 is 1.11. The number of carbonyl (C=O) groups excluding carboxylic acids is 3. The quantitative estimate of drug-likeness (QED) is 0.634. The molecule has 1 saturated heterocycles. The van der Waals surface area contributed by atoms with E-state index in [2.05, 4.69) is 10.6 Å². The fourth-order valence-corrected chi connectivity index (χ4v) is 3.52. The number of hydrogen-bond donors (Lipinski definition) is 1. The first-order chi connectivity index (χ1) is 14.9. The Labute approximate surface area is 184 Å². The lowest BCUT2D eigenvalue weighted by molar-refractivity contribution is -0.759. The zero-order chi connectivity index (χ0) is 22.2. The van der Waals surface area contributed by atoms with Crippen LogP contribution in [-0.2, 0) is 20.9 Å². The van der Waals surface area contributed by atoms with E-state index in [4.69, 9.17) is 9.26 Å². The Balaban J connectivity index is 1.43. The number of nitrogens with zero attached hydrogens (tertiary/aromatic N) is 4. The summed E-state index contributed by atoms with van der Waals surface area (Å²) in [5.41, 5.74) is 0.941. The zero-order valence-corrected chi connectivity index (χ0v) is 18.3. The molecule has 1 aliphatic heterocycles. The summed E-state index contributed by atoms with van der Waals surface area (Å²) in [4.78, 5) is 38.7. The average molecular weight is 449 g/mol. The zero-order valence-electron chi connectivity index (χ0n) is 17.5. The van der Waals surface area contributed by atoms with Crippen LogP contribution in [0.3, 0.4) is 0 Å². The van der Waals surface area contributed by atoms with Crippen molar-refractivity contribution in [2.75, 3.05) is 42.3 Å². The van der Waals surface area contributed by atoms with Crippen molar-refractivity contribution in [2.24, 2.45) is 5.92 Å². The van der Waals surface area contributed by atoms with Gasteiger partial charge in [-0.1, -0.05) is 49.0 Å². The fraction of sp³-hybridized carbons (Fsp3) is 0.450. The SMILES string of the molecule is CC(=O)SC[C@@H](C)C(=O)Nc1c[n+](N2CCN(C(=O)OCc3ccccc3)CC2)no1. The van der Waals surface area contributed by atoms with Gasteiger partial charge in [0.2, 0.25) is 11.2 Å². The maximum absolute atomic E-state index is 12.3. The minimum Gasteiger partial charge on any atom is -0.445 e. The highest BCUT2D eigenvalue weighted by molar-refractivity contribution is 8.13. The molecule has 10 nitrogen and oxygen atoms in total. The first kappa shape index (κ1) is 22.6. The minimum atomic E-state index is -0.349. The Morgan fingerprint density at radius 2 is 1.94 bits per heavy atom. The number of anilines is 1. The van der Waals surface area contributed by atoms with Gasteiger partial charge in [-0.05, 0) is 5.56 Å². The van der Waals surface area contributed by atoms with Crippen molar-refractivity contribution in [3.8, 4) is 0 Å². The lowest BCUT2D eigenvalue weighted by Gasteiger charge is -2.29. The summed E-state index contributed by atoms with van der Waals surface area (Å²) in [6.45, 7) is 5.49. The molecule has 0 saturated carbocycles. The number of thioether (sulfide) groups is 1. The van der Waals surface area contributed by atoms with Gasteiger partial charge in [-0.3, -0.25) is 19.4 Å². The second-order valence-corrected chi connectivity index (χ2v) is 8.36. The predicted octanol–water partition coefficient (Wildman–Crippen LogP) is 1.41. The van der Waals surface area contributed by atoms with Gasteiger partial charge in [-0.15, -0.1) is 5.01 Å². The molecule has 0 radical (unpaired) electrons. The highest BCUT2D eigenvalue weighted by atomic mass is 32.2. The third-order valence-corrected chi connectivity index (χ3v) is 5.77. The third-order valence-electron chi connectivity index (χ3n) is 4.70. The largest absolute Gasteiger partial charge is 0.445 e. The number of benzene rings is 1. The summed E-state index contributed by atoms with van der Waals surface area (Å²) in [7, 11) is 0. The van der Waals surface area contributed by atoms with Crippen LogP contribution in [0.15, 0.2) is 41.1 Å². The fourth-order valence-electron chi connectivity index (χ4n) is 2.88. The summed E-state index contributed by atoms with van der Waals surface area (Å²) in [5, 5.41) is 8.46. The molecule has 31 heavy (non-hydrogen) atoms. The van der Waals surface area contributed by atoms with Gasteiger partial charge in [0.1, 0.15) is 6.61 Å². The number of nitrogens with one attached hydrogen (secondary N) is 1. The van der Waals surface area contributed by atoms with Crippen molar-refractivity contribution in [1.82, 2.24) is 10.2 Å². The van der Waals surface area contributed by atoms with Gasteiger partial charge in [0.05, 0.1) is 17.9 Å². The Morgan fingerprint density at radius 1 is 1.23 bits per heavy atom. The highest BCUT2D eigenvalue weighted by Crippen LogP contribution is 2.12. The maximum Gasteiger partial charge on any atom is 0.410 e. The molecule has 2 heterocycles. The molecule has 3 rings (SSSR count). The van der Waals surface area contributed by atoms with Crippen LogP contribution in [0.4, 0.5) is 10.7 Å². The number of ether oxygens (including phenoxy) is 1. The van der Waals surface area contributed by atoms with E-state index in [9.17, 15) is 14.4 Å². The number of amides is 2. The number of aromatic nitrogens is 2. The molecule has 0 spiro atoms. The lowest BCUT2D eigenvalue weighted by Crippen LogP contribution is -2.65. The van der Waals surface area contributed by atoms with Crippen LogP contribution in [-0.4, -0.2) is 59.2 Å². The Morgan fingerprint density at radius 3 is 2.61 bits per heavy atom. The summed E-state index contributed by atoms with van der Waals surface area (Å²) < 4.78 is 10.6. The van der Waals surface area contributed by atoms with E-state index >= 15 is 0 Å². The molecule has 1 N–H and O–H groups in total. The number of hydrogen-bond acceptors (Lipinski definition) is 8. The molecule has 2 amide bonds. The minimum absolute atomic E-state index is 0.0275. The Hall–Kier alpha value is -3.08. The van der Waals surface area contributed by atoms with Crippen molar-refractivity contribution in [3.05, 3.63) is 42.1 Å². The molecule has 0 unspecified atom stereocenters. The molecular weight excluding hydrogens is 422 g/mol. The lowest BCUT2D eigenvalue weighted by atomic mass is 10.2. The molecular formula is C20H26N5O5S+. The van der Waals surface area contributed by atoms with E-state index in [1.54, 1.807) is 18.0 Å². The first-order valence-electron chi connectivity index (χ1n) is 9.96. The second kappa shape index (κ2) is 10.8. The highest BCUT2D eigenvalue weighted by Gasteiger charge is 2.29. The molecule has 1 fully saturated rings. The van der Waals surface area contributed by atoms with Crippen LogP contribution in [0.25, 0.3) is 0 Å². The van der Waals surface area contributed by atoms with E-state index in [-0.39, 0.29) is 35.5 Å². The monoisotopic (exact) mass is 448 g/mol. The van der Waals surface area contributed by atoms with Crippen LogP contribution in [0.5, 0.6) is 0 Å². The van der Waals surface area contributed by atoms with Crippen molar-refractivity contribution >= 4 is 34.8 Å². The van der Waals surface area contributed by atoms with E-state index in [0.29, 0.717) is 31.9 Å². The maximum atomic E-state index is 12.3. The van der Waals surface area contributed by atoms with Crippen molar-refractivity contribution in [1.29, 1.82) is 0 Å². The van der Waals surface area contributed by atoms with Crippen LogP contribution in [0, 0.1) is 5.92 Å². The van der Waals surface area contributed by atoms with E-state index in [1.807, 2.05) is 35.3 Å². The van der Waals surface area contributed by atoms with Gasteiger partial charge in [0, 0.05) is 31.7 Å². The molecule has 2 aromatic rings. The van der Waals surface area contributed by atoms with Gasteiger partial charge in [0.25, 0.3) is 6.20 Å². The molecule has 0 bridgehead atoms. The van der Waals surface area contributed by atoms with Gasteiger partial charge in [-0.2, -0.15) is 0 Å². The van der Waals surface area contributed by atoms with Crippen LogP contribution in [0.1, 0.15) is 19.4 Å². The van der Waals surface area contributed by atoms with Crippen molar-refractivity contribution in [2.45, 2.75) is 20.5 Å². The molecule has 166 valence electrons. The van der Waals surface area contributed by atoms with Crippen LogP contribution < -0.4 is 15.1 Å². The average Bonchev–Trinajstić information content (AvgIpc) is 3.25. The van der Waals surface area contributed by atoms with E-state index < -0.39 is 0 Å². The molecule has 0 aliphatic carbocycles. The van der Waals surface area contributed by atoms with Gasteiger partial charge >= 0.3 is 12.0 Å². The molecule has 1 aliphatic rings. The standard InChI is InChI=1S/C20H25N5O5S/c1-15(14-31-16(2)26)19(27)21-18-12-25(22-30-18)24-10-8-23(9-11-24)20(28)29-13-17-6-4-3-5-7-17/h3-7,12,15H,8-11,13-14H2,1-2H3/p+1/t15-/m1/s1. The summed E-state index contributed by atoms with van der Waals surface area (Å²) in [6.07, 6.45) is 1.23. The molecule has 1 aromatic carbocycles. The normalized spacial score (nSPS) is 14.8. The number of carbonyl (C=O) groups is 3. The molecule has 1 atom stereocenters. The van der Waals surface area contributed by atoms with Crippen molar-refractivity contribution in [3.63, 3.8) is 0 Å². The van der Waals surface area contributed by atoms with Crippen LogP contribution in [0.2, 0.25) is 0 Å². The third kappa shape index (κ3) is 6.71. The van der Waals surface area contributed by atoms with Gasteiger partial charge in [0.15, 0.2) is 5.12 Å². The molecule has 1 aromatic heterocycles. The first-order valence-corrected chi connectivity index (χ1v) is 10.9.